The molecule has 2 bridgehead atoms. The smallest absolute Gasteiger partial charge is 0.407 e. The SMILES string of the molecule is C=C(C)C(=O)OCCNC(=O)OC1C2CCC(S2)C1OS(=O)O. The predicted molar refractivity (Wildman–Crippen MR) is 84.1 cm³/mol. The summed E-state index contributed by atoms with van der Waals surface area (Å²) in [6.45, 7) is 5.08. The maximum Gasteiger partial charge on any atom is 0.407 e. The molecular formula is C13H19NO7S2. The average Bonchev–Trinajstić information content (AvgIpc) is 3.06. The molecule has 2 rings (SSSR count). The fourth-order valence-electron chi connectivity index (χ4n) is 2.54. The second kappa shape index (κ2) is 8.13. The Balaban J connectivity index is 1.74. The molecule has 2 aliphatic rings. The van der Waals surface area contributed by atoms with E-state index in [1.165, 1.54) is 6.92 Å². The maximum absolute atomic E-state index is 11.8. The minimum absolute atomic E-state index is 0.00679. The quantitative estimate of drug-likeness (QED) is 0.297. The Morgan fingerprint density at radius 2 is 2.00 bits per heavy atom. The van der Waals surface area contributed by atoms with Crippen LogP contribution in [0.2, 0.25) is 0 Å². The van der Waals surface area contributed by atoms with Gasteiger partial charge in [0.1, 0.15) is 18.8 Å². The number of hydrogen-bond acceptors (Lipinski definition) is 7. The zero-order valence-corrected chi connectivity index (χ0v) is 14.2. The standard InChI is InChI=1S/C13H19NO7S2/c1-7(2)12(15)19-6-5-14-13(16)20-10-8-3-4-9(22-8)11(10)21-23(17)18/h8-11H,1,3-6H2,2H3,(H,14,16)(H,17,18). The van der Waals surface area contributed by atoms with Crippen molar-refractivity contribution in [2.75, 3.05) is 13.2 Å². The van der Waals surface area contributed by atoms with Crippen molar-refractivity contribution < 1.29 is 32.0 Å². The number of carbonyl (C=O) groups excluding carboxylic acids is 2. The van der Waals surface area contributed by atoms with Crippen LogP contribution >= 0.6 is 11.8 Å². The van der Waals surface area contributed by atoms with E-state index in [-0.39, 0.29) is 29.2 Å². The van der Waals surface area contributed by atoms with Gasteiger partial charge in [0.05, 0.1) is 6.54 Å². The lowest BCUT2D eigenvalue weighted by molar-refractivity contribution is -0.138. The Morgan fingerprint density at radius 3 is 2.61 bits per heavy atom. The summed E-state index contributed by atoms with van der Waals surface area (Å²) >= 11 is -0.788. The van der Waals surface area contributed by atoms with Crippen molar-refractivity contribution in [1.29, 1.82) is 0 Å². The molecule has 0 spiro atoms. The topological polar surface area (TPSA) is 111 Å². The van der Waals surface area contributed by atoms with E-state index in [1.54, 1.807) is 11.8 Å². The Hall–Kier alpha value is -1.10. The van der Waals surface area contributed by atoms with Gasteiger partial charge in [-0.15, -0.1) is 11.8 Å². The second-order valence-corrected chi connectivity index (χ2v) is 7.39. The van der Waals surface area contributed by atoms with Crippen LogP contribution < -0.4 is 5.32 Å². The van der Waals surface area contributed by atoms with E-state index in [4.69, 9.17) is 18.2 Å². The molecule has 23 heavy (non-hydrogen) atoms. The third-order valence-electron chi connectivity index (χ3n) is 3.53. The number of ether oxygens (including phenoxy) is 2. The number of rotatable bonds is 7. The fraction of sp³-hybridized carbons (Fsp3) is 0.692. The first-order chi connectivity index (χ1) is 10.9. The zero-order chi connectivity index (χ0) is 17.0. The zero-order valence-electron chi connectivity index (χ0n) is 12.6. The Morgan fingerprint density at radius 1 is 1.35 bits per heavy atom. The highest BCUT2D eigenvalue weighted by Crippen LogP contribution is 2.48. The molecule has 2 heterocycles. The van der Waals surface area contributed by atoms with Crippen molar-refractivity contribution in [2.24, 2.45) is 0 Å². The highest BCUT2D eigenvalue weighted by atomic mass is 32.2. The summed E-state index contributed by atoms with van der Waals surface area (Å²) in [6, 6.07) is 0. The van der Waals surface area contributed by atoms with Gasteiger partial charge in [-0.2, -0.15) is 4.21 Å². The molecule has 8 nitrogen and oxygen atoms in total. The molecule has 0 radical (unpaired) electrons. The van der Waals surface area contributed by atoms with Crippen molar-refractivity contribution in [3.63, 3.8) is 0 Å². The van der Waals surface area contributed by atoms with Crippen LogP contribution in [0.4, 0.5) is 4.79 Å². The van der Waals surface area contributed by atoms with Crippen molar-refractivity contribution in [3.8, 4) is 0 Å². The van der Waals surface area contributed by atoms with Crippen LogP contribution in [0.1, 0.15) is 19.8 Å². The van der Waals surface area contributed by atoms with Gasteiger partial charge in [0.15, 0.2) is 0 Å². The first kappa shape index (κ1) is 18.2. The number of nitrogens with one attached hydrogen (secondary N) is 1. The van der Waals surface area contributed by atoms with Gasteiger partial charge in [-0.25, -0.2) is 9.59 Å². The summed E-state index contributed by atoms with van der Waals surface area (Å²) in [5.74, 6) is -0.524. The lowest BCUT2D eigenvalue weighted by Gasteiger charge is -2.27. The van der Waals surface area contributed by atoms with E-state index in [9.17, 15) is 13.8 Å². The summed E-state index contributed by atoms with van der Waals surface area (Å²) in [5.41, 5.74) is 0.281. The molecule has 5 atom stereocenters. The number of carbonyl (C=O) groups is 2. The molecule has 0 aromatic heterocycles. The van der Waals surface area contributed by atoms with Crippen LogP contribution in [0.15, 0.2) is 12.2 Å². The lowest BCUT2D eigenvalue weighted by Crippen LogP contribution is -2.44. The molecular weight excluding hydrogens is 346 g/mol. The van der Waals surface area contributed by atoms with Crippen LogP contribution in [0.3, 0.4) is 0 Å². The molecule has 0 saturated carbocycles. The van der Waals surface area contributed by atoms with E-state index in [2.05, 4.69) is 11.9 Å². The molecule has 5 unspecified atom stereocenters. The minimum Gasteiger partial charge on any atom is -0.460 e. The molecule has 0 aromatic rings. The molecule has 2 saturated heterocycles. The number of hydrogen-bond donors (Lipinski definition) is 2. The Labute approximate surface area is 140 Å². The van der Waals surface area contributed by atoms with Gasteiger partial charge in [0, 0.05) is 16.1 Å². The summed E-state index contributed by atoms with van der Waals surface area (Å²) in [6.07, 6.45) is -0.0759. The summed E-state index contributed by atoms with van der Waals surface area (Å²) in [4.78, 5) is 23.0. The van der Waals surface area contributed by atoms with Crippen LogP contribution in [-0.4, -0.2) is 56.7 Å². The molecule has 1 amide bonds. The number of alkyl carbamates (subject to hydrolysis) is 1. The first-order valence-electron chi connectivity index (χ1n) is 7.09. The summed E-state index contributed by atoms with van der Waals surface area (Å²) < 4.78 is 34.9. The van der Waals surface area contributed by atoms with Gasteiger partial charge in [0.25, 0.3) is 0 Å². The maximum atomic E-state index is 11.8. The number of esters is 1. The van der Waals surface area contributed by atoms with Gasteiger partial charge >= 0.3 is 23.4 Å². The predicted octanol–water partition coefficient (Wildman–Crippen LogP) is 1.00. The van der Waals surface area contributed by atoms with E-state index >= 15 is 0 Å². The lowest BCUT2D eigenvalue weighted by atomic mass is 9.95. The fourth-order valence-corrected chi connectivity index (χ4v) is 4.76. The highest BCUT2D eigenvalue weighted by Gasteiger charge is 2.52. The second-order valence-electron chi connectivity index (χ2n) is 5.28. The monoisotopic (exact) mass is 365 g/mol. The number of fused-ring (bicyclic) bond motifs is 2. The van der Waals surface area contributed by atoms with Crippen molar-refractivity contribution in [2.45, 2.75) is 42.5 Å². The summed E-state index contributed by atoms with van der Waals surface area (Å²) in [5, 5.41) is 2.60. The van der Waals surface area contributed by atoms with Gasteiger partial charge in [-0.05, 0) is 19.8 Å². The largest absolute Gasteiger partial charge is 0.460 e. The van der Waals surface area contributed by atoms with E-state index < -0.39 is 35.6 Å². The third-order valence-corrected chi connectivity index (χ3v) is 5.63. The van der Waals surface area contributed by atoms with Crippen molar-refractivity contribution in [3.05, 3.63) is 12.2 Å². The molecule has 10 heteroatoms. The molecule has 130 valence electrons. The normalized spacial score (nSPS) is 29.8. The average molecular weight is 365 g/mol. The van der Waals surface area contributed by atoms with E-state index in [0.29, 0.717) is 0 Å². The van der Waals surface area contributed by atoms with Crippen molar-refractivity contribution in [1.82, 2.24) is 5.32 Å². The van der Waals surface area contributed by atoms with Gasteiger partial charge in [-0.1, -0.05) is 6.58 Å². The first-order valence-corrected chi connectivity index (χ1v) is 9.06. The molecule has 2 aliphatic heterocycles. The third kappa shape index (κ3) is 4.93. The number of amides is 1. The Bertz CT molecular complexity index is 513. The van der Waals surface area contributed by atoms with Gasteiger partial charge in [-0.3, -0.25) is 8.74 Å². The van der Waals surface area contributed by atoms with Crippen LogP contribution in [-0.2, 0) is 29.8 Å². The van der Waals surface area contributed by atoms with Crippen LogP contribution in [0.25, 0.3) is 0 Å². The van der Waals surface area contributed by atoms with Gasteiger partial charge < -0.3 is 14.8 Å². The van der Waals surface area contributed by atoms with Crippen LogP contribution in [0.5, 0.6) is 0 Å². The minimum atomic E-state index is -2.40. The van der Waals surface area contributed by atoms with Crippen LogP contribution in [0, 0.1) is 0 Å². The van der Waals surface area contributed by atoms with Gasteiger partial charge in [0.2, 0.25) is 0 Å². The molecule has 2 fully saturated rings. The Kier molecular flexibility index (Phi) is 6.45. The summed E-state index contributed by atoms with van der Waals surface area (Å²) in [7, 11) is 0. The molecule has 2 N–H and O–H groups in total. The molecule has 0 aliphatic carbocycles. The van der Waals surface area contributed by atoms with E-state index in [0.717, 1.165) is 12.8 Å². The highest BCUT2D eigenvalue weighted by molar-refractivity contribution is 8.01. The van der Waals surface area contributed by atoms with Crippen molar-refractivity contribution >= 4 is 35.2 Å². The molecule has 0 aromatic carbocycles. The van der Waals surface area contributed by atoms with E-state index in [1.807, 2.05) is 0 Å². The number of thioether (sulfide) groups is 1.